The minimum atomic E-state index is -0.495. The Kier molecular flexibility index (Phi) is 16.6. The van der Waals surface area contributed by atoms with Gasteiger partial charge in [0, 0.05) is 24.0 Å². The fourth-order valence-corrected chi connectivity index (χ4v) is 7.01. The molecular weight excluding hydrogens is 552 g/mol. The highest BCUT2D eigenvalue weighted by Gasteiger charge is 2.47. The third-order valence-electron chi connectivity index (χ3n) is 9.69. The molecule has 0 saturated heterocycles. The molecule has 4 unspecified atom stereocenters. The predicted octanol–water partition coefficient (Wildman–Crippen LogP) is 8.97. The zero-order valence-corrected chi connectivity index (χ0v) is 29.8. The molecule has 0 amide bonds. The first-order chi connectivity index (χ1) is 20.8. The molecule has 0 aromatic rings. The van der Waals surface area contributed by atoms with Crippen molar-refractivity contribution >= 4 is 0 Å². The summed E-state index contributed by atoms with van der Waals surface area (Å²) in [5.74, 6) is 0. The molecule has 2 saturated carbocycles. The summed E-state index contributed by atoms with van der Waals surface area (Å²) in [6.07, 6.45) is 15.7. The SMILES string of the molecule is CCOC(C)O[C@@H]1/C(=C\CC/C=C2/CCC[C@@](C)(C(O)CC=C(C)C)[C@H]2OC(C)OCC)CCC[C@]1(C)C(O)CC=C(C)C. The number of hydrogen-bond acceptors (Lipinski definition) is 6. The van der Waals surface area contributed by atoms with Crippen molar-refractivity contribution < 1.29 is 29.2 Å². The first-order valence-electron chi connectivity index (χ1n) is 17.3. The Bertz CT molecular complexity index is 896. The van der Waals surface area contributed by atoms with E-state index < -0.39 is 12.2 Å². The van der Waals surface area contributed by atoms with Crippen LogP contribution in [0.5, 0.6) is 0 Å². The van der Waals surface area contributed by atoms with E-state index in [9.17, 15) is 10.2 Å². The van der Waals surface area contributed by atoms with Crippen molar-refractivity contribution in [3.05, 3.63) is 46.6 Å². The van der Waals surface area contributed by atoms with Gasteiger partial charge in [-0.05, 0) is 131 Å². The van der Waals surface area contributed by atoms with Gasteiger partial charge in [0.15, 0.2) is 12.6 Å². The Morgan fingerprint density at radius 3 is 1.41 bits per heavy atom. The second-order valence-corrected chi connectivity index (χ2v) is 14.0. The van der Waals surface area contributed by atoms with E-state index in [1.807, 2.05) is 27.7 Å². The second kappa shape index (κ2) is 18.8. The number of aliphatic hydroxyl groups excluding tert-OH is 2. The van der Waals surface area contributed by atoms with Crippen LogP contribution < -0.4 is 0 Å². The minimum absolute atomic E-state index is 0.197. The number of hydrogen-bond donors (Lipinski definition) is 2. The lowest BCUT2D eigenvalue weighted by Crippen LogP contribution is -2.49. The highest BCUT2D eigenvalue weighted by Crippen LogP contribution is 2.47. The summed E-state index contributed by atoms with van der Waals surface area (Å²) < 4.78 is 24.7. The number of ether oxygens (including phenoxy) is 4. The molecule has 0 heterocycles. The van der Waals surface area contributed by atoms with Gasteiger partial charge in [0.25, 0.3) is 0 Å². The van der Waals surface area contributed by atoms with Crippen LogP contribution in [0.2, 0.25) is 0 Å². The zero-order chi connectivity index (χ0) is 32.9. The monoisotopic (exact) mass is 618 g/mol. The van der Waals surface area contributed by atoms with Crippen LogP contribution in [-0.4, -0.2) is 60.4 Å². The van der Waals surface area contributed by atoms with E-state index in [1.165, 1.54) is 22.3 Å². The molecular formula is C38H66O6. The van der Waals surface area contributed by atoms with E-state index in [-0.39, 0.29) is 35.6 Å². The van der Waals surface area contributed by atoms with Gasteiger partial charge in [-0.1, -0.05) is 49.3 Å². The summed E-state index contributed by atoms with van der Waals surface area (Å²) in [4.78, 5) is 0. The zero-order valence-electron chi connectivity index (χ0n) is 29.8. The normalized spacial score (nSPS) is 30.5. The van der Waals surface area contributed by atoms with E-state index in [0.717, 1.165) is 51.4 Å². The van der Waals surface area contributed by atoms with Crippen molar-refractivity contribution in [3.63, 3.8) is 0 Å². The van der Waals surface area contributed by atoms with Crippen molar-refractivity contribution in [3.8, 4) is 0 Å². The fraction of sp³-hybridized carbons (Fsp3) is 0.789. The van der Waals surface area contributed by atoms with Gasteiger partial charge in [-0.15, -0.1) is 0 Å². The number of unbranched alkanes of at least 4 members (excludes halogenated alkanes) is 1. The maximum atomic E-state index is 11.4. The summed E-state index contributed by atoms with van der Waals surface area (Å²) >= 11 is 0. The maximum absolute atomic E-state index is 11.4. The second-order valence-electron chi connectivity index (χ2n) is 14.0. The molecule has 2 aliphatic rings. The molecule has 2 aliphatic carbocycles. The topological polar surface area (TPSA) is 77.4 Å². The molecule has 2 N–H and O–H groups in total. The average Bonchev–Trinajstić information content (AvgIpc) is 2.96. The first kappa shape index (κ1) is 38.9. The van der Waals surface area contributed by atoms with Crippen molar-refractivity contribution in [2.75, 3.05) is 13.2 Å². The Labute approximate surface area is 270 Å². The van der Waals surface area contributed by atoms with Gasteiger partial charge < -0.3 is 29.2 Å². The van der Waals surface area contributed by atoms with Gasteiger partial charge >= 0.3 is 0 Å². The lowest BCUT2D eigenvalue weighted by Gasteiger charge is -2.46. The van der Waals surface area contributed by atoms with Gasteiger partial charge in [-0.25, -0.2) is 0 Å². The van der Waals surface area contributed by atoms with Gasteiger partial charge in [0.2, 0.25) is 0 Å². The number of aliphatic hydroxyl groups is 2. The van der Waals surface area contributed by atoms with Gasteiger partial charge in [-0.2, -0.15) is 0 Å². The van der Waals surface area contributed by atoms with Crippen LogP contribution in [0, 0.1) is 10.8 Å². The molecule has 2 fully saturated rings. The first-order valence-corrected chi connectivity index (χ1v) is 17.3. The molecule has 0 bridgehead atoms. The summed E-state index contributed by atoms with van der Waals surface area (Å²) in [7, 11) is 0. The quantitative estimate of drug-likeness (QED) is 0.0963. The Balaban J connectivity index is 2.31. The van der Waals surface area contributed by atoms with Crippen LogP contribution in [0.4, 0.5) is 0 Å². The molecule has 0 aromatic carbocycles. The molecule has 254 valence electrons. The van der Waals surface area contributed by atoms with Crippen LogP contribution in [0.1, 0.15) is 133 Å². The molecule has 6 nitrogen and oxygen atoms in total. The van der Waals surface area contributed by atoms with Crippen LogP contribution >= 0.6 is 0 Å². The summed E-state index contributed by atoms with van der Waals surface area (Å²) in [5.41, 5.74) is 4.19. The molecule has 44 heavy (non-hydrogen) atoms. The van der Waals surface area contributed by atoms with Gasteiger partial charge in [-0.3, -0.25) is 0 Å². The van der Waals surface area contributed by atoms with E-state index in [2.05, 4.69) is 65.8 Å². The van der Waals surface area contributed by atoms with Crippen LogP contribution in [0.3, 0.4) is 0 Å². The number of allylic oxidation sites excluding steroid dienone is 4. The fourth-order valence-electron chi connectivity index (χ4n) is 7.01. The Hall–Kier alpha value is -1.28. The smallest absolute Gasteiger partial charge is 0.155 e. The standard InChI is InChI=1S/C38H66O6/c1-11-41-29(7)43-35-31(19-15-25-37(35,9)33(39)23-21-27(3)4)17-13-14-18-32-20-16-26-38(10,34(40)24-22-28(5)6)36(32)44-30(8)42-12-2/h17-18,21-22,29-30,33-36,39-40H,11-16,19-20,23-26H2,1-10H3/b31-17-,32-18-/t29?,30?,33?,34?,35-,36+,37-,38+. The summed E-state index contributed by atoms with van der Waals surface area (Å²) in [5, 5.41) is 22.8. The van der Waals surface area contributed by atoms with Gasteiger partial charge in [0.05, 0.1) is 24.4 Å². The van der Waals surface area contributed by atoms with E-state index in [4.69, 9.17) is 18.9 Å². The Morgan fingerprint density at radius 2 is 1.09 bits per heavy atom. The van der Waals surface area contributed by atoms with Crippen LogP contribution in [0.25, 0.3) is 0 Å². The molecule has 0 radical (unpaired) electrons. The molecule has 0 aliphatic heterocycles. The average molecular weight is 619 g/mol. The van der Waals surface area contributed by atoms with Crippen LogP contribution in [-0.2, 0) is 18.9 Å². The summed E-state index contributed by atoms with van der Waals surface area (Å²) in [6.45, 7) is 21.7. The third kappa shape index (κ3) is 11.2. The molecule has 0 aromatic heterocycles. The van der Waals surface area contributed by atoms with E-state index >= 15 is 0 Å². The third-order valence-corrected chi connectivity index (χ3v) is 9.69. The highest BCUT2D eigenvalue weighted by atomic mass is 16.7. The Morgan fingerprint density at radius 1 is 0.727 bits per heavy atom. The molecule has 8 atom stereocenters. The van der Waals surface area contributed by atoms with E-state index in [1.54, 1.807) is 0 Å². The van der Waals surface area contributed by atoms with Crippen LogP contribution in [0.15, 0.2) is 46.6 Å². The predicted molar refractivity (Wildman–Crippen MR) is 181 cm³/mol. The number of rotatable bonds is 17. The lowest BCUT2D eigenvalue weighted by molar-refractivity contribution is -0.195. The van der Waals surface area contributed by atoms with Crippen molar-refractivity contribution in [2.45, 2.75) is 170 Å². The van der Waals surface area contributed by atoms with Crippen molar-refractivity contribution in [1.29, 1.82) is 0 Å². The van der Waals surface area contributed by atoms with Gasteiger partial charge in [0.1, 0.15) is 0 Å². The molecule has 0 spiro atoms. The maximum Gasteiger partial charge on any atom is 0.155 e. The summed E-state index contributed by atoms with van der Waals surface area (Å²) in [6, 6.07) is 0. The molecule has 2 rings (SSSR count). The highest BCUT2D eigenvalue weighted by molar-refractivity contribution is 5.21. The largest absolute Gasteiger partial charge is 0.392 e. The lowest BCUT2D eigenvalue weighted by atomic mass is 9.66. The van der Waals surface area contributed by atoms with E-state index in [0.29, 0.717) is 26.1 Å². The minimum Gasteiger partial charge on any atom is -0.392 e. The van der Waals surface area contributed by atoms with Crippen molar-refractivity contribution in [2.24, 2.45) is 10.8 Å². The molecule has 6 heteroatoms. The van der Waals surface area contributed by atoms with Crippen molar-refractivity contribution in [1.82, 2.24) is 0 Å².